The van der Waals surface area contributed by atoms with E-state index in [0.29, 0.717) is 12.1 Å². The van der Waals surface area contributed by atoms with Crippen molar-refractivity contribution in [3.05, 3.63) is 16.1 Å². The average Bonchev–Trinajstić information content (AvgIpc) is 2.71. The molecule has 92 valence electrons. The topological polar surface area (TPSA) is 24.9 Å². The second kappa shape index (κ2) is 6.36. The monoisotopic (exact) mass is 240 g/mol. The van der Waals surface area contributed by atoms with Gasteiger partial charge in [-0.15, -0.1) is 11.3 Å². The van der Waals surface area contributed by atoms with Crippen LogP contribution in [-0.2, 0) is 0 Å². The molecule has 0 aliphatic carbocycles. The molecule has 16 heavy (non-hydrogen) atoms. The maximum absolute atomic E-state index is 4.58. The number of aromatic nitrogens is 1. The second-order valence-electron chi connectivity index (χ2n) is 4.63. The van der Waals surface area contributed by atoms with Gasteiger partial charge in [-0.3, -0.25) is 0 Å². The van der Waals surface area contributed by atoms with E-state index in [-0.39, 0.29) is 0 Å². The SMILES string of the molecule is CCC(NC(C)C(C)CC)c1nc(C)cs1. The number of nitrogens with zero attached hydrogens (tertiary/aromatic N) is 1. The minimum absolute atomic E-state index is 0.419. The number of nitrogens with one attached hydrogen (secondary N) is 1. The minimum atomic E-state index is 0.419. The van der Waals surface area contributed by atoms with Crippen molar-refractivity contribution in [2.75, 3.05) is 0 Å². The van der Waals surface area contributed by atoms with E-state index in [4.69, 9.17) is 0 Å². The highest BCUT2D eigenvalue weighted by Crippen LogP contribution is 2.22. The first-order valence-electron chi connectivity index (χ1n) is 6.26. The van der Waals surface area contributed by atoms with Crippen LogP contribution in [0.1, 0.15) is 57.3 Å². The zero-order chi connectivity index (χ0) is 12.1. The molecule has 2 nitrogen and oxygen atoms in total. The van der Waals surface area contributed by atoms with Crippen LogP contribution >= 0.6 is 11.3 Å². The first kappa shape index (κ1) is 13.7. The molecular formula is C13H24N2S. The van der Waals surface area contributed by atoms with E-state index in [0.717, 1.165) is 18.0 Å². The van der Waals surface area contributed by atoms with Gasteiger partial charge < -0.3 is 5.32 Å². The van der Waals surface area contributed by atoms with Crippen LogP contribution in [0.2, 0.25) is 0 Å². The fraction of sp³-hybridized carbons (Fsp3) is 0.769. The van der Waals surface area contributed by atoms with Gasteiger partial charge in [0.1, 0.15) is 5.01 Å². The van der Waals surface area contributed by atoms with E-state index >= 15 is 0 Å². The molecule has 1 heterocycles. The Balaban J connectivity index is 2.62. The third-order valence-corrected chi connectivity index (χ3v) is 4.38. The third kappa shape index (κ3) is 3.56. The van der Waals surface area contributed by atoms with Gasteiger partial charge in [0.2, 0.25) is 0 Å². The van der Waals surface area contributed by atoms with Crippen molar-refractivity contribution in [3.63, 3.8) is 0 Å². The molecule has 1 N–H and O–H groups in total. The van der Waals surface area contributed by atoms with Gasteiger partial charge in [-0.25, -0.2) is 4.98 Å². The largest absolute Gasteiger partial charge is 0.305 e. The van der Waals surface area contributed by atoms with Crippen LogP contribution in [0.3, 0.4) is 0 Å². The van der Waals surface area contributed by atoms with Crippen LogP contribution in [0, 0.1) is 12.8 Å². The molecule has 3 unspecified atom stereocenters. The fourth-order valence-electron chi connectivity index (χ4n) is 1.73. The lowest BCUT2D eigenvalue weighted by atomic mass is 10.00. The Morgan fingerprint density at radius 1 is 1.31 bits per heavy atom. The van der Waals surface area contributed by atoms with Gasteiger partial charge in [-0.05, 0) is 26.2 Å². The molecule has 0 radical (unpaired) electrons. The highest BCUT2D eigenvalue weighted by atomic mass is 32.1. The summed E-state index contributed by atoms with van der Waals surface area (Å²) < 4.78 is 0. The second-order valence-corrected chi connectivity index (χ2v) is 5.52. The number of rotatable bonds is 6. The quantitative estimate of drug-likeness (QED) is 0.815. The highest BCUT2D eigenvalue weighted by Gasteiger charge is 2.18. The highest BCUT2D eigenvalue weighted by molar-refractivity contribution is 7.09. The van der Waals surface area contributed by atoms with Crippen LogP contribution in [0.5, 0.6) is 0 Å². The predicted octanol–water partition coefficient (Wildman–Crippen LogP) is 3.93. The summed E-state index contributed by atoms with van der Waals surface area (Å²) in [6.45, 7) is 11.1. The summed E-state index contributed by atoms with van der Waals surface area (Å²) in [7, 11) is 0. The van der Waals surface area contributed by atoms with Gasteiger partial charge in [0.05, 0.1) is 6.04 Å². The van der Waals surface area contributed by atoms with Crippen LogP contribution < -0.4 is 5.32 Å². The van der Waals surface area contributed by atoms with Crippen molar-refractivity contribution in [2.24, 2.45) is 5.92 Å². The Kier molecular flexibility index (Phi) is 5.42. The summed E-state index contributed by atoms with van der Waals surface area (Å²) in [4.78, 5) is 4.58. The molecule has 0 saturated carbocycles. The lowest BCUT2D eigenvalue weighted by molar-refractivity contribution is 0.345. The van der Waals surface area contributed by atoms with Gasteiger partial charge in [-0.1, -0.05) is 27.2 Å². The molecule has 1 aromatic heterocycles. The molecule has 0 amide bonds. The molecule has 3 atom stereocenters. The molecule has 0 aliphatic rings. The summed E-state index contributed by atoms with van der Waals surface area (Å²) in [5.74, 6) is 0.718. The molecule has 0 saturated heterocycles. The number of thiazole rings is 1. The Labute approximate surface area is 103 Å². The summed E-state index contributed by atoms with van der Waals surface area (Å²) >= 11 is 1.77. The van der Waals surface area contributed by atoms with Crippen LogP contribution in [-0.4, -0.2) is 11.0 Å². The fourth-order valence-corrected chi connectivity index (χ4v) is 2.67. The van der Waals surface area contributed by atoms with Crippen molar-refractivity contribution in [2.45, 2.75) is 59.5 Å². The maximum atomic E-state index is 4.58. The number of hydrogen-bond donors (Lipinski definition) is 1. The summed E-state index contributed by atoms with van der Waals surface area (Å²) in [6.07, 6.45) is 2.33. The number of hydrogen-bond acceptors (Lipinski definition) is 3. The normalized spacial score (nSPS) is 17.1. The molecular weight excluding hydrogens is 216 g/mol. The average molecular weight is 240 g/mol. The van der Waals surface area contributed by atoms with Crippen molar-refractivity contribution in [1.29, 1.82) is 0 Å². The first-order chi connectivity index (χ1) is 7.58. The molecule has 0 aromatic carbocycles. The standard InChI is InChI=1S/C13H24N2S/c1-6-9(3)11(5)15-12(7-2)13-14-10(4)8-16-13/h8-9,11-12,15H,6-7H2,1-5H3. The van der Waals surface area contributed by atoms with Crippen molar-refractivity contribution >= 4 is 11.3 Å². The van der Waals surface area contributed by atoms with Crippen molar-refractivity contribution < 1.29 is 0 Å². The Morgan fingerprint density at radius 2 is 2.00 bits per heavy atom. The third-order valence-electron chi connectivity index (χ3n) is 3.30. The molecule has 1 aromatic rings. The zero-order valence-electron chi connectivity index (χ0n) is 11.1. The van der Waals surface area contributed by atoms with Crippen molar-refractivity contribution in [1.82, 2.24) is 10.3 Å². The van der Waals surface area contributed by atoms with E-state index in [1.165, 1.54) is 11.4 Å². The molecule has 0 bridgehead atoms. The maximum Gasteiger partial charge on any atom is 0.110 e. The van der Waals surface area contributed by atoms with E-state index in [9.17, 15) is 0 Å². The van der Waals surface area contributed by atoms with Gasteiger partial charge in [0, 0.05) is 17.1 Å². The Hall–Kier alpha value is -0.410. The summed E-state index contributed by atoms with van der Waals surface area (Å²) in [6, 6.07) is 0.974. The van der Waals surface area contributed by atoms with Gasteiger partial charge in [0.25, 0.3) is 0 Å². The van der Waals surface area contributed by atoms with E-state index in [1.54, 1.807) is 11.3 Å². The van der Waals surface area contributed by atoms with Crippen LogP contribution in [0.15, 0.2) is 5.38 Å². The Morgan fingerprint density at radius 3 is 2.44 bits per heavy atom. The van der Waals surface area contributed by atoms with E-state index < -0.39 is 0 Å². The first-order valence-corrected chi connectivity index (χ1v) is 7.14. The predicted molar refractivity (Wildman–Crippen MR) is 71.9 cm³/mol. The van der Waals surface area contributed by atoms with Gasteiger partial charge in [-0.2, -0.15) is 0 Å². The lowest BCUT2D eigenvalue weighted by Gasteiger charge is -2.25. The van der Waals surface area contributed by atoms with Gasteiger partial charge >= 0.3 is 0 Å². The van der Waals surface area contributed by atoms with Crippen molar-refractivity contribution in [3.8, 4) is 0 Å². The summed E-state index contributed by atoms with van der Waals surface area (Å²) in [5.41, 5.74) is 1.14. The molecule has 0 spiro atoms. The molecule has 0 fully saturated rings. The number of aryl methyl sites for hydroxylation is 1. The Bertz CT molecular complexity index is 309. The minimum Gasteiger partial charge on any atom is -0.305 e. The van der Waals surface area contributed by atoms with Gasteiger partial charge in [0.15, 0.2) is 0 Å². The van der Waals surface area contributed by atoms with Crippen LogP contribution in [0.4, 0.5) is 0 Å². The molecule has 1 rings (SSSR count). The zero-order valence-corrected chi connectivity index (χ0v) is 11.9. The van der Waals surface area contributed by atoms with E-state index in [2.05, 4.69) is 50.3 Å². The molecule has 0 aliphatic heterocycles. The van der Waals surface area contributed by atoms with E-state index in [1.807, 2.05) is 0 Å². The molecule has 3 heteroatoms. The van der Waals surface area contributed by atoms with Crippen LogP contribution in [0.25, 0.3) is 0 Å². The lowest BCUT2D eigenvalue weighted by Crippen LogP contribution is -2.34. The summed E-state index contributed by atoms with van der Waals surface area (Å²) in [5, 5.41) is 7.06. The smallest absolute Gasteiger partial charge is 0.110 e.